The Hall–Kier alpha value is -1.44. The van der Waals surface area contributed by atoms with Crippen molar-refractivity contribution in [1.82, 2.24) is 9.46 Å². The van der Waals surface area contributed by atoms with Crippen molar-refractivity contribution in [3.05, 3.63) is 30.0 Å². The lowest BCUT2D eigenvalue weighted by Gasteiger charge is -2.31. The van der Waals surface area contributed by atoms with Crippen molar-refractivity contribution >= 4 is 21.0 Å². The lowest BCUT2D eigenvalue weighted by molar-refractivity contribution is 0.258. The number of benzene rings is 1. The van der Waals surface area contributed by atoms with Gasteiger partial charge in [-0.15, -0.1) is 0 Å². The van der Waals surface area contributed by atoms with Crippen molar-refractivity contribution in [2.24, 2.45) is 11.7 Å². The molecule has 0 saturated carbocycles. The zero-order valence-corrected chi connectivity index (χ0v) is 13.3. The van der Waals surface area contributed by atoms with Gasteiger partial charge in [-0.1, -0.05) is 17.3 Å². The minimum atomic E-state index is -3.38. The number of hydrogen-bond acceptors (Lipinski definition) is 5. The molecule has 0 aliphatic carbocycles. The van der Waals surface area contributed by atoms with Crippen molar-refractivity contribution in [3.8, 4) is 0 Å². The zero-order valence-electron chi connectivity index (χ0n) is 12.4. The number of aromatic nitrogens is 1. The highest BCUT2D eigenvalue weighted by atomic mass is 32.2. The molecule has 1 atom stereocenters. The summed E-state index contributed by atoms with van der Waals surface area (Å²) in [5, 5.41) is 4.70. The van der Waals surface area contributed by atoms with Crippen LogP contribution in [-0.2, 0) is 15.8 Å². The molecule has 1 fully saturated rings. The number of nitrogens with zero attached hydrogens (tertiary/aromatic N) is 2. The van der Waals surface area contributed by atoms with E-state index in [1.807, 2.05) is 18.2 Å². The van der Waals surface area contributed by atoms with Crippen molar-refractivity contribution in [2.75, 3.05) is 19.6 Å². The van der Waals surface area contributed by atoms with Gasteiger partial charge in [-0.3, -0.25) is 0 Å². The van der Waals surface area contributed by atoms with Gasteiger partial charge in [0.25, 0.3) is 0 Å². The highest BCUT2D eigenvalue weighted by molar-refractivity contribution is 7.88. The van der Waals surface area contributed by atoms with Crippen LogP contribution >= 0.6 is 0 Å². The maximum Gasteiger partial charge on any atom is 0.220 e. The van der Waals surface area contributed by atoms with Gasteiger partial charge in [-0.2, -0.15) is 0 Å². The summed E-state index contributed by atoms with van der Waals surface area (Å²) in [5.74, 6) is 0.252. The molecule has 3 rings (SSSR count). The van der Waals surface area contributed by atoms with Crippen LogP contribution in [0.1, 0.15) is 25.0 Å². The highest BCUT2D eigenvalue weighted by Gasteiger charge is 2.30. The molecule has 2 aromatic rings. The molecular weight excluding hydrogens is 302 g/mol. The summed E-state index contributed by atoms with van der Waals surface area (Å²) in [6, 6.07) is 7.32. The van der Waals surface area contributed by atoms with Crippen LogP contribution in [0, 0.1) is 5.92 Å². The number of piperidine rings is 1. The van der Waals surface area contributed by atoms with Gasteiger partial charge in [0.05, 0.1) is 0 Å². The Bertz CT molecular complexity index is 739. The standard InChI is InChI=1S/C15H21N3O3S/c16-8-7-12-4-3-9-18(10-12)22(19,20)11-14-13-5-1-2-6-15(13)21-17-14/h1-2,5-6,12H,3-4,7-11,16H2. The molecule has 1 aliphatic heterocycles. The molecular formula is C15H21N3O3S. The van der Waals surface area contributed by atoms with E-state index in [-0.39, 0.29) is 5.75 Å². The molecule has 1 unspecified atom stereocenters. The van der Waals surface area contributed by atoms with Gasteiger partial charge in [0.2, 0.25) is 10.0 Å². The third-order valence-corrected chi connectivity index (χ3v) is 5.98. The Morgan fingerprint density at radius 2 is 2.18 bits per heavy atom. The average Bonchev–Trinajstić information content (AvgIpc) is 2.91. The SMILES string of the molecule is NCCC1CCCN(S(=O)(=O)Cc2noc3ccccc23)C1. The predicted molar refractivity (Wildman–Crippen MR) is 84.6 cm³/mol. The van der Waals surface area contributed by atoms with Crippen molar-refractivity contribution in [3.63, 3.8) is 0 Å². The lowest BCUT2D eigenvalue weighted by Crippen LogP contribution is -2.41. The molecule has 2 heterocycles. The second kappa shape index (κ2) is 6.36. The summed E-state index contributed by atoms with van der Waals surface area (Å²) in [7, 11) is -3.38. The van der Waals surface area contributed by atoms with E-state index in [0.717, 1.165) is 24.6 Å². The molecule has 0 radical (unpaired) electrons. The van der Waals surface area contributed by atoms with Crippen LogP contribution in [0.4, 0.5) is 0 Å². The van der Waals surface area contributed by atoms with Gasteiger partial charge in [0.15, 0.2) is 5.58 Å². The van der Waals surface area contributed by atoms with Crippen molar-refractivity contribution in [2.45, 2.75) is 25.0 Å². The quantitative estimate of drug-likeness (QED) is 0.905. The Morgan fingerprint density at radius 3 is 3.00 bits per heavy atom. The lowest BCUT2D eigenvalue weighted by atomic mass is 9.96. The highest BCUT2D eigenvalue weighted by Crippen LogP contribution is 2.25. The molecule has 0 amide bonds. The summed E-state index contributed by atoms with van der Waals surface area (Å²) >= 11 is 0. The monoisotopic (exact) mass is 323 g/mol. The first-order valence-electron chi connectivity index (χ1n) is 7.61. The van der Waals surface area contributed by atoms with Gasteiger partial charge in [-0.05, 0) is 43.9 Å². The van der Waals surface area contributed by atoms with E-state index >= 15 is 0 Å². The number of hydrogen-bond donors (Lipinski definition) is 1. The van der Waals surface area contributed by atoms with Crippen molar-refractivity contribution < 1.29 is 12.9 Å². The fraction of sp³-hybridized carbons (Fsp3) is 0.533. The van der Waals surface area contributed by atoms with E-state index in [4.69, 9.17) is 10.3 Å². The normalized spacial score (nSPS) is 20.5. The van der Waals surface area contributed by atoms with Crippen molar-refractivity contribution in [1.29, 1.82) is 0 Å². The van der Waals surface area contributed by atoms with Crippen LogP contribution in [0.3, 0.4) is 0 Å². The van der Waals surface area contributed by atoms with Crippen LogP contribution in [0.2, 0.25) is 0 Å². The van der Waals surface area contributed by atoms with Crippen LogP contribution in [0.15, 0.2) is 28.8 Å². The average molecular weight is 323 g/mol. The number of rotatable bonds is 5. The molecule has 2 N–H and O–H groups in total. The Morgan fingerprint density at radius 1 is 1.36 bits per heavy atom. The smallest absolute Gasteiger partial charge is 0.220 e. The van der Waals surface area contributed by atoms with Crippen LogP contribution in [-0.4, -0.2) is 37.5 Å². The molecule has 22 heavy (non-hydrogen) atoms. The Balaban J connectivity index is 1.78. The molecule has 7 heteroatoms. The zero-order chi connectivity index (χ0) is 15.6. The molecule has 0 bridgehead atoms. The Labute approximate surface area is 130 Å². The topological polar surface area (TPSA) is 89.4 Å². The molecule has 0 spiro atoms. The van der Waals surface area contributed by atoms with Crippen LogP contribution in [0.5, 0.6) is 0 Å². The maximum atomic E-state index is 12.7. The predicted octanol–water partition coefficient (Wildman–Crippen LogP) is 1.72. The van der Waals surface area contributed by atoms with E-state index in [2.05, 4.69) is 5.16 Å². The fourth-order valence-electron chi connectivity index (χ4n) is 3.06. The maximum absolute atomic E-state index is 12.7. The second-order valence-corrected chi connectivity index (χ2v) is 7.79. The van der Waals surface area contributed by atoms with Gasteiger partial charge in [-0.25, -0.2) is 12.7 Å². The second-order valence-electron chi connectivity index (χ2n) is 5.83. The number of sulfonamides is 1. The minimum absolute atomic E-state index is 0.112. The molecule has 1 aliphatic rings. The first kappa shape index (κ1) is 15.5. The van der Waals surface area contributed by atoms with E-state index < -0.39 is 10.0 Å². The molecule has 120 valence electrons. The van der Waals surface area contributed by atoms with Crippen LogP contribution in [0.25, 0.3) is 11.0 Å². The molecule has 1 aromatic carbocycles. The van der Waals surface area contributed by atoms with Gasteiger partial charge >= 0.3 is 0 Å². The molecule has 6 nitrogen and oxygen atoms in total. The largest absolute Gasteiger partial charge is 0.356 e. The number of fused-ring (bicyclic) bond motifs is 1. The summed E-state index contributed by atoms with van der Waals surface area (Å²) in [4.78, 5) is 0. The summed E-state index contributed by atoms with van der Waals surface area (Å²) in [5.41, 5.74) is 6.70. The third-order valence-electron chi connectivity index (χ3n) is 4.22. The molecule has 1 aromatic heterocycles. The Kier molecular flexibility index (Phi) is 4.46. The van der Waals surface area contributed by atoms with E-state index in [1.54, 1.807) is 10.4 Å². The summed E-state index contributed by atoms with van der Waals surface area (Å²) < 4.78 is 32.1. The van der Waals surface area contributed by atoms with Gasteiger partial charge in [0.1, 0.15) is 11.4 Å². The number of nitrogens with two attached hydrogens (primary N) is 1. The first-order chi connectivity index (χ1) is 10.6. The fourth-order valence-corrected chi connectivity index (χ4v) is 4.64. The molecule has 1 saturated heterocycles. The number of para-hydroxylation sites is 1. The minimum Gasteiger partial charge on any atom is -0.356 e. The summed E-state index contributed by atoms with van der Waals surface area (Å²) in [6.45, 7) is 1.75. The van der Waals surface area contributed by atoms with E-state index in [9.17, 15) is 8.42 Å². The van der Waals surface area contributed by atoms with Gasteiger partial charge < -0.3 is 10.3 Å². The summed E-state index contributed by atoms with van der Waals surface area (Å²) in [6.07, 6.45) is 2.82. The van der Waals surface area contributed by atoms with Gasteiger partial charge in [0, 0.05) is 18.5 Å². The van der Waals surface area contributed by atoms with Crippen LogP contribution < -0.4 is 5.73 Å². The van der Waals surface area contributed by atoms with E-state index in [0.29, 0.717) is 36.8 Å². The van der Waals surface area contributed by atoms with E-state index in [1.165, 1.54) is 0 Å². The third kappa shape index (κ3) is 3.16. The first-order valence-corrected chi connectivity index (χ1v) is 9.22.